The molecule has 2 amide bonds. The summed E-state index contributed by atoms with van der Waals surface area (Å²) in [6.07, 6.45) is 2.55. The number of rotatable bonds is 6. The van der Waals surface area contributed by atoms with Crippen molar-refractivity contribution >= 4 is 40.9 Å². The van der Waals surface area contributed by atoms with Gasteiger partial charge in [-0.1, -0.05) is 23.7 Å². The molecule has 2 aromatic rings. The van der Waals surface area contributed by atoms with Gasteiger partial charge in [0.2, 0.25) is 11.8 Å². The van der Waals surface area contributed by atoms with Gasteiger partial charge in [-0.2, -0.15) is 0 Å². The lowest BCUT2D eigenvalue weighted by Gasteiger charge is -2.36. The molecule has 9 heteroatoms. The molecule has 0 radical (unpaired) electrons. The summed E-state index contributed by atoms with van der Waals surface area (Å²) in [7, 11) is 0. The summed E-state index contributed by atoms with van der Waals surface area (Å²) in [6.45, 7) is 2.38. The van der Waals surface area contributed by atoms with Crippen LogP contribution in [-0.2, 0) is 9.59 Å². The molecule has 2 aromatic carbocycles. The molecule has 1 saturated heterocycles. The highest BCUT2D eigenvalue weighted by Crippen LogP contribution is 2.20. The molecule has 156 valence electrons. The molecule has 1 N–H and O–H groups in total. The molecule has 1 fully saturated rings. The van der Waals surface area contributed by atoms with Gasteiger partial charge in [-0.3, -0.25) is 19.7 Å². The van der Waals surface area contributed by atoms with Gasteiger partial charge in [-0.15, -0.1) is 0 Å². The predicted molar refractivity (Wildman–Crippen MR) is 115 cm³/mol. The lowest BCUT2D eigenvalue weighted by atomic mass is 10.1. The number of nitrogens with zero attached hydrogens (tertiary/aromatic N) is 3. The highest BCUT2D eigenvalue weighted by Gasteiger charge is 2.21. The fourth-order valence-electron chi connectivity index (χ4n) is 3.16. The molecular formula is C21H21ClN4O4. The monoisotopic (exact) mass is 428 g/mol. The molecule has 0 aliphatic carbocycles. The van der Waals surface area contributed by atoms with Crippen molar-refractivity contribution in [2.75, 3.05) is 37.6 Å². The molecule has 1 aliphatic rings. The van der Waals surface area contributed by atoms with Crippen LogP contribution in [-0.4, -0.2) is 54.4 Å². The molecule has 1 aliphatic heterocycles. The topological polar surface area (TPSA) is 95.8 Å². The number of carbonyl (C=O) groups is 2. The zero-order valence-corrected chi connectivity index (χ0v) is 16.9. The van der Waals surface area contributed by atoms with Crippen molar-refractivity contribution in [3.63, 3.8) is 0 Å². The van der Waals surface area contributed by atoms with E-state index in [1.807, 2.05) is 24.3 Å². The van der Waals surface area contributed by atoms with E-state index in [1.54, 1.807) is 23.1 Å². The maximum atomic E-state index is 12.4. The summed E-state index contributed by atoms with van der Waals surface area (Å²) < 4.78 is 0. The van der Waals surface area contributed by atoms with Crippen molar-refractivity contribution in [2.24, 2.45) is 0 Å². The first kappa shape index (κ1) is 21.3. The molecule has 8 nitrogen and oxygen atoms in total. The van der Waals surface area contributed by atoms with Crippen LogP contribution in [0.5, 0.6) is 0 Å². The van der Waals surface area contributed by atoms with Crippen LogP contribution in [0.1, 0.15) is 5.56 Å². The maximum absolute atomic E-state index is 12.4. The number of hydrogen-bond acceptors (Lipinski definition) is 5. The Labute approximate surface area is 178 Å². The Bertz CT molecular complexity index is 954. The van der Waals surface area contributed by atoms with Gasteiger partial charge < -0.3 is 15.1 Å². The summed E-state index contributed by atoms with van der Waals surface area (Å²) in [5.74, 6) is -0.653. The third-order valence-corrected chi connectivity index (χ3v) is 5.04. The lowest BCUT2D eigenvalue weighted by molar-refractivity contribution is -0.385. The number of amides is 2. The highest BCUT2D eigenvalue weighted by atomic mass is 35.5. The number of halogens is 1. The number of nitro groups is 1. The Kier molecular flexibility index (Phi) is 7.03. The third-order valence-electron chi connectivity index (χ3n) is 4.79. The van der Waals surface area contributed by atoms with Crippen LogP contribution in [0.15, 0.2) is 54.6 Å². The van der Waals surface area contributed by atoms with Gasteiger partial charge in [0.15, 0.2) is 0 Å². The Hall–Kier alpha value is -3.39. The van der Waals surface area contributed by atoms with Crippen LogP contribution in [0, 0.1) is 10.1 Å². The maximum Gasteiger partial charge on any atom is 0.276 e. The van der Waals surface area contributed by atoms with Gasteiger partial charge in [-0.05, 0) is 36.4 Å². The van der Waals surface area contributed by atoms with Crippen LogP contribution in [0.3, 0.4) is 0 Å². The van der Waals surface area contributed by atoms with Crippen LogP contribution >= 0.6 is 11.6 Å². The van der Waals surface area contributed by atoms with Gasteiger partial charge >= 0.3 is 0 Å². The first-order chi connectivity index (χ1) is 14.4. The van der Waals surface area contributed by atoms with E-state index < -0.39 is 10.8 Å². The number of anilines is 1. The van der Waals surface area contributed by atoms with Crippen LogP contribution in [0.4, 0.5) is 11.4 Å². The largest absolute Gasteiger partial charge is 0.368 e. The minimum absolute atomic E-state index is 0.0869. The van der Waals surface area contributed by atoms with E-state index in [4.69, 9.17) is 11.6 Å². The van der Waals surface area contributed by atoms with Gasteiger partial charge in [0.05, 0.1) is 17.0 Å². The van der Waals surface area contributed by atoms with Gasteiger partial charge in [0.1, 0.15) is 0 Å². The summed E-state index contributed by atoms with van der Waals surface area (Å²) >= 11 is 5.91. The Morgan fingerprint density at radius 1 is 1.07 bits per heavy atom. The number of carbonyl (C=O) groups excluding carboxylic acids is 2. The van der Waals surface area contributed by atoms with E-state index >= 15 is 0 Å². The predicted octanol–water partition coefficient (Wildman–Crippen LogP) is 2.73. The van der Waals surface area contributed by atoms with Crippen molar-refractivity contribution < 1.29 is 14.5 Å². The zero-order valence-electron chi connectivity index (χ0n) is 16.2. The molecule has 0 bridgehead atoms. The smallest absolute Gasteiger partial charge is 0.276 e. The van der Waals surface area contributed by atoms with Crippen molar-refractivity contribution in [3.8, 4) is 0 Å². The second-order valence-electron chi connectivity index (χ2n) is 6.71. The molecule has 30 heavy (non-hydrogen) atoms. The fraction of sp³-hybridized carbons (Fsp3) is 0.238. The number of hydrogen-bond donors (Lipinski definition) is 1. The SMILES string of the molecule is O=C(/C=C/c1ccccc1[N+](=O)[O-])NCC(=O)N1CCN(c2ccc(Cl)cc2)CC1. The van der Waals surface area contributed by atoms with E-state index in [2.05, 4.69) is 10.2 Å². The molecule has 0 aromatic heterocycles. The molecular weight excluding hydrogens is 408 g/mol. The minimum Gasteiger partial charge on any atom is -0.368 e. The van der Waals surface area contributed by atoms with Crippen LogP contribution in [0.2, 0.25) is 5.02 Å². The zero-order chi connectivity index (χ0) is 21.5. The van der Waals surface area contributed by atoms with E-state index in [9.17, 15) is 19.7 Å². The van der Waals surface area contributed by atoms with E-state index in [0.717, 1.165) is 5.69 Å². The van der Waals surface area contributed by atoms with E-state index in [-0.39, 0.29) is 18.1 Å². The molecule has 0 saturated carbocycles. The van der Waals surface area contributed by atoms with Gasteiger partial charge in [0, 0.05) is 49.0 Å². The quantitative estimate of drug-likeness (QED) is 0.433. The number of para-hydroxylation sites is 1. The van der Waals surface area contributed by atoms with E-state index in [1.165, 1.54) is 18.2 Å². The van der Waals surface area contributed by atoms with Crippen LogP contribution in [0.25, 0.3) is 6.08 Å². The number of piperazine rings is 1. The average molecular weight is 429 g/mol. The molecule has 0 atom stereocenters. The average Bonchev–Trinajstić information content (AvgIpc) is 2.76. The normalized spacial score (nSPS) is 14.0. The van der Waals surface area contributed by atoms with Gasteiger partial charge in [-0.25, -0.2) is 0 Å². The van der Waals surface area contributed by atoms with Gasteiger partial charge in [0.25, 0.3) is 5.69 Å². The minimum atomic E-state index is -0.509. The summed E-state index contributed by atoms with van der Waals surface area (Å²) in [5, 5.41) is 14.2. The van der Waals surface area contributed by atoms with E-state index in [0.29, 0.717) is 36.8 Å². The van der Waals surface area contributed by atoms with Crippen LogP contribution < -0.4 is 10.2 Å². The number of nitrogens with one attached hydrogen (secondary N) is 1. The fourth-order valence-corrected chi connectivity index (χ4v) is 3.29. The Balaban J connectivity index is 1.46. The van der Waals surface area contributed by atoms with Crippen molar-refractivity contribution in [1.29, 1.82) is 0 Å². The Morgan fingerprint density at radius 3 is 2.40 bits per heavy atom. The van der Waals surface area contributed by atoms with Crippen molar-refractivity contribution in [1.82, 2.24) is 10.2 Å². The first-order valence-electron chi connectivity index (χ1n) is 9.41. The standard InChI is InChI=1S/C21H21ClN4O4/c22-17-6-8-18(9-7-17)24-11-13-25(14-12-24)21(28)15-23-20(27)10-5-16-3-1-2-4-19(16)26(29)30/h1-10H,11-15H2,(H,23,27)/b10-5+. The molecule has 3 rings (SSSR count). The highest BCUT2D eigenvalue weighted by molar-refractivity contribution is 6.30. The molecule has 1 heterocycles. The first-order valence-corrected chi connectivity index (χ1v) is 9.79. The second-order valence-corrected chi connectivity index (χ2v) is 7.15. The molecule has 0 unspecified atom stereocenters. The number of benzene rings is 2. The number of nitro benzene ring substituents is 1. The second kappa shape index (κ2) is 9.89. The summed E-state index contributed by atoms with van der Waals surface area (Å²) in [6, 6.07) is 13.7. The summed E-state index contributed by atoms with van der Waals surface area (Å²) in [4.78, 5) is 38.7. The lowest BCUT2D eigenvalue weighted by Crippen LogP contribution is -2.51. The summed E-state index contributed by atoms with van der Waals surface area (Å²) in [5.41, 5.74) is 1.29. The third kappa shape index (κ3) is 5.57. The van der Waals surface area contributed by atoms with Crippen molar-refractivity contribution in [3.05, 3.63) is 75.3 Å². The Morgan fingerprint density at radius 2 is 1.73 bits per heavy atom. The molecule has 0 spiro atoms. The van der Waals surface area contributed by atoms with Crippen molar-refractivity contribution in [2.45, 2.75) is 0 Å².